The second-order valence-electron chi connectivity index (χ2n) is 5.58. The molecule has 2 aromatic carbocycles. The molecule has 1 saturated heterocycles. The molecule has 0 N–H and O–H groups in total. The molecule has 1 aliphatic heterocycles. The molecule has 1 atom stereocenters. The number of imide groups is 1. The van der Waals surface area contributed by atoms with E-state index in [-0.39, 0.29) is 23.8 Å². The first-order valence-electron chi connectivity index (χ1n) is 6.92. The van der Waals surface area contributed by atoms with E-state index < -0.39 is 0 Å². The molecule has 0 aliphatic carbocycles. The summed E-state index contributed by atoms with van der Waals surface area (Å²) >= 11 is 0. The summed E-state index contributed by atoms with van der Waals surface area (Å²) in [6.07, 6.45) is 0.427. The largest absolute Gasteiger partial charge is 0.274 e. The van der Waals surface area contributed by atoms with Gasteiger partial charge in [-0.25, -0.2) is 0 Å². The lowest BCUT2D eigenvalue weighted by Crippen LogP contribution is -2.51. The molecular weight excluding hydrogens is 250 g/mol. The molecule has 2 aromatic rings. The van der Waals surface area contributed by atoms with Crippen LogP contribution in [-0.2, 0) is 9.59 Å². The molecule has 3 nitrogen and oxygen atoms in total. The molecule has 102 valence electrons. The number of likely N-dealkylation sites (tertiary alicyclic amines) is 1. The van der Waals surface area contributed by atoms with Crippen molar-refractivity contribution in [2.24, 2.45) is 5.92 Å². The molecule has 1 heterocycles. The fourth-order valence-corrected chi connectivity index (χ4v) is 2.65. The summed E-state index contributed by atoms with van der Waals surface area (Å²) in [5.74, 6) is -0.302. The number of carbonyl (C=O) groups is 2. The predicted molar refractivity (Wildman–Crippen MR) is 78.0 cm³/mol. The summed E-state index contributed by atoms with van der Waals surface area (Å²) in [4.78, 5) is 25.2. The Hall–Kier alpha value is -2.16. The van der Waals surface area contributed by atoms with Crippen molar-refractivity contribution < 1.29 is 9.59 Å². The third-order valence-corrected chi connectivity index (χ3v) is 3.84. The zero-order valence-corrected chi connectivity index (χ0v) is 11.7. The molecular formula is C17H17NO2. The van der Waals surface area contributed by atoms with Gasteiger partial charge in [-0.3, -0.25) is 14.5 Å². The minimum absolute atomic E-state index is 0.0677. The van der Waals surface area contributed by atoms with E-state index in [0.717, 1.165) is 10.9 Å². The number of amides is 2. The molecule has 2 amide bonds. The minimum atomic E-state index is -0.151. The second-order valence-corrected chi connectivity index (χ2v) is 5.58. The zero-order valence-electron chi connectivity index (χ0n) is 11.7. The number of rotatable bonds is 2. The van der Waals surface area contributed by atoms with Gasteiger partial charge in [0.1, 0.15) is 0 Å². The summed E-state index contributed by atoms with van der Waals surface area (Å²) in [6.45, 7) is 3.65. The molecule has 3 rings (SSSR count). The van der Waals surface area contributed by atoms with Gasteiger partial charge in [-0.05, 0) is 22.4 Å². The van der Waals surface area contributed by atoms with Gasteiger partial charge in [0.25, 0.3) is 0 Å². The highest BCUT2D eigenvalue weighted by molar-refractivity contribution is 6.01. The van der Waals surface area contributed by atoms with Crippen molar-refractivity contribution in [1.29, 1.82) is 0 Å². The van der Waals surface area contributed by atoms with E-state index in [1.165, 1.54) is 10.3 Å². The van der Waals surface area contributed by atoms with Crippen molar-refractivity contribution in [1.82, 2.24) is 4.90 Å². The Kier molecular flexibility index (Phi) is 3.05. The Balaban J connectivity index is 1.95. The number of hydrogen-bond donors (Lipinski definition) is 0. The fourth-order valence-electron chi connectivity index (χ4n) is 2.65. The number of benzene rings is 2. The van der Waals surface area contributed by atoms with Gasteiger partial charge in [0, 0.05) is 5.92 Å². The van der Waals surface area contributed by atoms with E-state index in [1.807, 2.05) is 44.2 Å². The van der Waals surface area contributed by atoms with Crippen LogP contribution in [0.2, 0.25) is 0 Å². The van der Waals surface area contributed by atoms with Gasteiger partial charge in [0.15, 0.2) is 0 Å². The highest BCUT2D eigenvalue weighted by Crippen LogP contribution is 2.36. The van der Waals surface area contributed by atoms with Gasteiger partial charge in [0.05, 0.1) is 12.5 Å². The first-order valence-corrected chi connectivity index (χ1v) is 6.92. The number of fused-ring (bicyclic) bond motifs is 1. The van der Waals surface area contributed by atoms with Crippen LogP contribution in [0.15, 0.2) is 42.5 Å². The molecule has 1 fully saturated rings. The van der Waals surface area contributed by atoms with Crippen LogP contribution < -0.4 is 0 Å². The Morgan fingerprint density at radius 1 is 1.15 bits per heavy atom. The first kappa shape index (κ1) is 12.9. The SMILES string of the molecule is CC(C)C(=O)N1C(=O)C[C@H]1c1ccc2ccccc2c1. The Morgan fingerprint density at radius 2 is 1.85 bits per heavy atom. The van der Waals surface area contributed by atoms with Crippen molar-refractivity contribution in [3.8, 4) is 0 Å². The highest BCUT2D eigenvalue weighted by Gasteiger charge is 2.42. The topological polar surface area (TPSA) is 37.4 Å². The molecule has 0 spiro atoms. The predicted octanol–water partition coefficient (Wildman–Crippen LogP) is 3.30. The fraction of sp³-hybridized carbons (Fsp3) is 0.294. The van der Waals surface area contributed by atoms with Crippen LogP contribution in [0, 0.1) is 5.92 Å². The maximum atomic E-state index is 12.1. The number of nitrogens with zero attached hydrogens (tertiary/aromatic N) is 1. The third-order valence-electron chi connectivity index (χ3n) is 3.84. The highest BCUT2D eigenvalue weighted by atomic mass is 16.2. The molecule has 3 heteroatoms. The Bertz CT molecular complexity index is 690. The normalized spacial score (nSPS) is 18.4. The summed E-state index contributed by atoms with van der Waals surface area (Å²) < 4.78 is 0. The third kappa shape index (κ3) is 1.99. The molecule has 0 unspecified atom stereocenters. The van der Waals surface area contributed by atoms with Gasteiger partial charge in [-0.2, -0.15) is 0 Å². The van der Waals surface area contributed by atoms with Gasteiger partial charge >= 0.3 is 0 Å². The smallest absolute Gasteiger partial charge is 0.232 e. The van der Waals surface area contributed by atoms with Crippen molar-refractivity contribution in [2.45, 2.75) is 26.3 Å². The van der Waals surface area contributed by atoms with Crippen LogP contribution in [0.5, 0.6) is 0 Å². The quantitative estimate of drug-likeness (QED) is 0.783. The standard InChI is InChI=1S/C17H17NO2/c1-11(2)17(20)18-15(10-16(18)19)14-8-7-12-5-3-4-6-13(12)9-14/h3-9,11,15H,10H2,1-2H3/t15-/m0/s1. The van der Waals surface area contributed by atoms with E-state index in [2.05, 4.69) is 12.1 Å². The van der Waals surface area contributed by atoms with Crippen LogP contribution in [-0.4, -0.2) is 16.7 Å². The van der Waals surface area contributed by atoms with Crippen molar-refractivity contribution >= 4 is 22.6 Å². The molecule has 0 saturated carbocycles. The van der Waals surface area contributed by atoms with Crippen LogP contribution in [0.1, 0.15) is 31.9 Å². The summed E-state index contributed by atoms with van der Waals surface area (Å²) in [5, 5.41) is 2.31. The monoisotopic (exact) mass is 267 g/mol. The molecule has 0 radical (unpaired) electrons. The molecule has 0 aromatic heterocycles. The average molecular weight is 267 g/mol. The second kappa shape index (κ2) is 4.75. The van der Waals surface area contributed by atoms with Gasteiger partial charge in [-0.15, -0.1) is 0 Å². The van der Waals surface area contributed by atoms with E-state index in [0.29, 0.717) is 6.42 Å². The van der Waals surface area contributed by atoms with Crippen LogP contribution in [0.3, 0.4) is 0 Å². The summed E-state index contributed by atoms with van der Waals surface area (Å²) in [5.41, 5.74) is 1.04. The van der Waals surface area contributed by atoms with E-state index in [1.54, 1.807) is 0 Å². The molecule has 1 aliphatic rings. The van der Waals surface area contributed by atoms with Gasteiger partial charge in [-0.1, -0.05) is 50.2 Å². The Labute approximate surface area is 118 Å². The lowest BCUT2D eigenvalue weighted by Gasteiger charge is -2.40. The number of hydrogen-bond acceptors (Lipinski definition) is 2. The number of β-lactam (4-membered cyclic amide) rings is 1. The van der Waals surface area contributed by atoms with Crippen LogP contribution >= 0.6 is 0 Å². The Morgan fingerprint density at radius 3 is 2.50 bits per heavy atom. The van der Waals surface area contributed by atoms with Crippen LogP contribution in [0.25, 0.3) is 10.8 Å². The summed E-state index contributed by atoms with van der Waals surface area (Å²) in [6, 6.07) is 14.1. The lowest BCUT2D eigenvalue weighted by atomic mass is 9.91. The van der Waals surface area contributed by atoms with E-state index >= 15 is 0 Å². The maximum Gasteiger partial charge on any atom is 0.232 e. The van der Waals surface area contributed by atoms with Crippen molar-refractivity contribution in [3.05, 3.63) is 48.0 Å². The molecule has 20 heavy (non-hydrogen) atoms. The number of carbonyl (C=O) groups excluding carboxylic acids is 2. The van der Waals surface area contributed by atoms with Gasteiger partial charge in [0.2, 0.25) is 11.8 Å². The lowest BCUT2D eigenvalue weighted by molar-refractivity contribution is -0.160. The minimum Gasteiger partial charge on any atom is -0.274 e. The maximum absolute atomic E-state index is 12.1. The van der Waals surface area contributed by atoms with Crippen LogP contribution in [0.4, 0.5) is 0 Å². The van der Waals surface area contributed by atoms with Gasteiger partial charge < -0.3 is 0 Å². The van der Waals surface area contributed by atoms with E-state index in [4.69, 9.17) is 0 Å². The molecule has 0 bridgehead atoms. The average Bonchev–Trinajstić information content (AvgIpc) is 2.44. The first-order chi connectivity index (χ1) is 9.58. The van der Waals surface area contributed by atoms with Crippen molar-refractivity contribution in [2.75, 3.05) is 0 Å². The summed E-state index contributed by atoms with van der Waals surface area (Å²) in [7, 11) is 0. The van der Waals surface area contributed by atoms with E-state index in [9.17, 15) is 9.59 Å². The zero-order chi connectivity index (χ0) is 14.3. The van der Waals surface area contributed by atoms with Crippen molar-refractivity contribution in [3.63, 3.8) is 0 Å².